The third-order valence-corrected chi connectivity index (χ3v) is 3.54. The number of carbonyl (C=O) groups is 1. The molecule has 4 heteroatoms. The first-order valence-electron chi connectivity index (χ1n) is 4.66. The first-order chi connectivity index (χ1) is 7.20. The van der Waals surface area contributed by atoms with Crippen LogP contribution < -0.4 is 10.6 Å². The number of primary amides is 1. The minimum absolute atomic E-state index is 0.337. The van der Waals surface area contributed by atoms with Gasteiger partial charge in [0.1, 0.15) is 0 Å². The minimum Gasteiger partial charge on any atom is -0.365 e. The van der Waals surface area contributed by atoms with Gasteiger partial charge in [0.2, 0.25) is 0 Å². The summed E-state index contributed by atoms with van der Waals surface area (Å²) in [7, 11) is 0. The molecule has 0 radical (unpaired) electrons. The Labute approximate surface area is 92.9 Å². The summed E-state index contributed by atoms with van der Waals surface area (Å²) in [5.41, 5.74) is 7.32. The van der Waals surface area contributed by atoms with E-state index < -0.39 is 0 Å². The SMILES string of the molecule is CC1=C(C(N)=O)SCN1c1ccccc1. The molecule has 2 N–H and O–H groups in total. The Morgan fingerprint density at radius 3 is 2.60 bits per heavy atom. The van der Waals surface area contributed by atoms with Crippen LogP contribution in [0.3, 0.4) is 0 Å². The lowest BCUT2D eigenvalue weighted by Crippen LogP contribution is -2.17. The highest BCUT2D eigenvalue weighted by atomic mass is 32.2. The van der Waals surface area contributed by atoms with Crippen molar-refractivity contribution < 1.29 is 4.79 Å². The van der Waals surface area contributed by atoms with Gasteiger partial charge in [0.15, 0.2) is 0 Å². The zero-order valence-electron chi connectivity index (χ0n) is 8.43. The van der Waals surface area contributed by atoms with Crippen LogP contribution in [0.15, 0.2) is 40.9 Å². The molecule has 1 aliphatic rings. The molecule has 0 bridgehead atoms. The second kappa shape index (κ2) is 3.98. The standard InChI is InChI=1S/C11H12N2OS/c1-8-10(11(12)14)15-7-13(8)9-5-3-2-4-6-9/h2-6H,7H2,1H3,(H2,12,14). The Morgan fingerprint density at radius 2 is 2.07 bits per heavy atom. The predicted molar refractivity (Wildman–Crippen MR) is 63.3 cm³/mol. The summed E-state index contributed by atoms with van der Waals surface area (Å²) >= 11 is 1.49. The summed E-state index contributed by atoms with van der Waals surface area (Å²) < 4.78 is 0. The van der Waals surface area contributed by atoms with Crippen LogP contribution in [0.2, 0.25) is 0 Å². The van der Waals surface area contributed by atoms with Crippen LogP contribution in [0.1, 0.15) is 6.92 Å². The topological polar surface area (TPSA) is 46.3 Å². The number of para-hydroxylation sites is 1. The molecule has 0 unspecified atom stereocenters. The van der Waals surface area contributed by atoms with Gasteiger partial charge in [-0.3, -0.25) is 4.79 Å². The monoisotopic (exact) mass is 220 g/mol. The van der Waals surface area contributed by atoms with Crippen molar-refractivity contribution in [3.05, 3.63) is 40.9 Å². The van der Waals surface area contributed by atoms with Crippen molar-refractivity contribution in [1.29, 1.82) is 0 Å². The Bertz CT molecular complexity index is 414. The van der Waals surface area contributed by atoms with Crippen molar-refractivity contribution in [1.82, 2.24) is 0 Å². The molecule has 0 saturated carbocycles. The van der Waals surface area contributed by atoms with Crippen molar-refractivity contribution in [3.63, 3.8) is 0 Å². The first kappa shape index (κ1) is 10.1. The van der Waals surface area contributed by atoms with Crippen molar-refractivity contribution in [2.24, 2.45) is 5.73 Å². The molecule has 0 aromatic heterocycles. The zero-order chi connectivity index (χ0) is 10.8. The summed E-state index contributed by atoms with van der Waals surface area (Å²) in [6, 6.07) is 9.98. The van der Waals surface area contributed by atoms with Gasteiger partial charge < -0.3 is 10.6 Å². The number of carbonyl (C=O) groups excluding carboxylic acids is 1. The normalized spacial score (nSPS) is 15.9. The van der Waals surface area contributed by atoms with Gasteiger partial charge in [0.25, 0.3) is 5.91 Å². The number of amides is 1. The summed E-state index contributed by atoms with van der Waals surface area (Å²) in [5.74, 6) is 0.421. The average molecular weight is 220 g/mol. The molecule has 78 valence electrons. The zero-order valence-corrected chi connectivity index (χ0v) is 9.25. The molecular weight excluding hydrogens is 208 g/mol. The largest absolute Gasteiger partial charge is 0.365 e. The maximum absolute atomic E-state index is 11.1. The molecule has 1 aliphatic heterocycles. The molecule has 1 heterocycles. The number of allylic oxidation sites excluding steroid dienone is 1. The molecule has 3 nitrogen and oxygen atoms in total. The van der Waals surface area contributed by atoms with Crippen LogP contribution in [-0.2, 0) is 4.79 Å². The number of anilines is 1. The number of thioether (sulfide) groups is 1. The van der Waals surface area contributed by atoms with Crippen LogP contribution >= 0.6 is 11.8 Å². The van der Waals surface area contributed by atoms with Gasteiger partial charge in [0, 0.05) is 11.4 Å². The van der Waals surface area contributed by atoms with Crippen molar-refractivity contribution >= 4 is 23.4 Å². The van der Waals surface area contributed by atoms with Crippen LogP contribution in [0.5, 0.6) is 0 Å². The van der Waals surface area contributed by atoms with Gasteiger partial charge in [-0.15, -0.1) is 0 Å². The quantitative estimate of drug-likeness (QED) is 0.828. The van der Waals surface area contributed by atoms with Gasteiger partial charge in [-0.2, -0.15) is 0 Å². The summed E-state index contributed by atoms with van der Waals surface area (Å²) in [6.07, 6.45) is 0. The van der Waals surface area contributed by atoms with E-state index in [1.54, 1.807) is 0 Å². The minimum atomic E-state index is -0.337. The number of nitrogens with zero attached hydrogens (tertiary/aromatic N) is 1. The van der Waals surface area contributed by atoms with Crippen molar-refractivity contribution in [2.45, 2.75) is 6.92 Å². The Kier molecular flexibility index (Phi) is 2.68. The van der Waals surface area contributed by atoms with Crippen LogP contribution in [-0.4, -0.2) is 11.8 Å². The molecular formula is C11H12N2OS. The number of nitrogens with two attached hydrogens (primary N) is 1. The van der Waals surface area contributed by atoms with Gasteiger partial charge in [-0.1, -0.05) is 30.0 Å². The Hall–Kier alpha value is -1.42. The third-order valence-electron chi connectivity index (χ3n) is 2.36. The lowest BCUT2D eigenvalue weighted by Gasteiger charge is -2.18. The van der Waals surface area contributed by atoms with Crippen molar-refractivity contribution in [3.8, 4) is 0 Å². The molecule has 0 fully saturated rings. The molecule has 0 spiro atoms. The molecule has 0 saturated heterocycles. The highest BCUT2D eigenvalue weighted by Crippen LogP contribution is 2.34. The third kappa shape index (κ3) is 1.85. The lowest BCUT2D eigenvalue weighted by molar-refractivity contribution is -0.113. The van der Waals surface area contributed by atoms with E-state index in [-0.39, 0.29) is 5.91 Å². The van der Waals surface area contributed by atoms with E-state index >= 15 is 0 Å². The molecule has 15 heavy (non-hydrogen) atoms. The van der Waals surface area contributed by atoms with Crippen LogP contribution in [0, 0.1) is 0 Å². The van der Waals surface area contributed by atoms with Gasteiger partial charge >= 0.3 is 0 Å². The molecule has 1 aromatic rings. The van der Waals surface area contributed by atoms with E-state index in [2.05, 4.69) is 4.90 Å². The second-order valence-corrected chi connectivity index (χ2v) is 4.27. The summed E-state index contributed by atoms with van der Waals surface area (Å²) in [4.78, 5) is 13.9. The predicted octanol–water partition coefficient (Wildman–Crippen LogP) is 1.91. The Morgan fingerprint density at radius 1 is 1.40 bits per heavy atom. The molecule has 0 aliphatic carbocycles. The van der Waals surface area contributed by atoms with E-state index in [1.807, 2.05) is 37.3 Å². The second-order valence-electron chi connectivity index (χ2n) is 3.32. The highest BCUT2D eigenvalue weighted by Gasteiger charge is 2.23. The average Bonchev–Trinajstić information content (AvgIpc) is 2.61. The maximum atomic E-state index is 11.1. The smallest absolute Gasteiger partial charge is 0.256 e. The van der Waals surface area contributed by atoms with Gasteiger partial charge in [0.05, 0.1) is 10.8 Å². The Balaban J connectivity index is 2.32. The lowest BCUT2D eigenvalue weighted by atomic mass is 10.2. The fourth-order valence-electron chi connectivity index (χ4n) is 1.58. The first-order valence-corrected chi connectivity index (χ1v) is 5.65. The van der Waals surface area contributed by atoms with E-state index in [4.69, 9.17) is 5.73 Å². The van der Waals surface area contributed by atoms with Gasteiger partial charge in [-0.25, -0.2) is 0 Å². The number of hydrogen-bond donors (Lipinski definition) is 1. The molecule has 2 rings (SSSR count). The number of hydrogen-bond acceptors (Lipinski definition) is 3. The fourth-order valence-corrected chi connectivity index (χ4v) is 2.64. The molecule has 1 amide bonds. The van der Waals surface area contributed by atoms with Crippen molar-refractivity contribution in [2.75, 3.05) is 10.8 Å². The summed E-state index contributed by atoms with van der Waals surface area (Å²) in [6.45, 7) is 1.92. The highest BCUT2D eigenvalue weighted by molar-refractivity contribution is 8.04. The van der Waals surface area contributed by atoms with E-state index in [9.17, 15) is 4.79 Å². The molecule has 1 aromatic carbocycles. The summed E-state index contributed by atoms with van der Waals surface area (Å²) in [5, 5.41) is 0. The van der Waals surface area contributed by atoms with Crippen LogP contribution in [0.25, 0.3) is 0 Å². The number of benzene rings is 1. The fraction of sp³-hybridized carbons (Fsp3) is 0.182. The molecule has 0 atom stereocenters. The van der Waals surface area contributed by atoms with Crippen LogP contribution in [0.4, 0.5) is 5.69 Å². The number of rotatable bonds is 2. The van der Waals surface area contributed by atoms with E-state index in [0.717, 1.165) is 17.3 Å². The maximum Gasteiger partial charge on any atom is 0.256 e. The van der Waals surface area contributed by atoms with E-state index in [0.29, 0.717) is 4.91 Å². The van der Waals surface area contributed by atoms with Gasteiger partial charge in [-0.05, 0) is 19.1 Å². The van der Waals surface area contributed by atoms with E-state index in [1.165, 1.54) is 11.8 Å².